The van der Waals surface area contributed by atoms with Crippen LogP contribution in [0.25, 0.3) is 0 Å². The second-order valence-corrected chi connectivity index (χ2v) is 7.40. The van der Waals surface area contributed by atoms with Gasteiger partial charge in [-0.2, -0.15) is 0 Å². The molecular weight excluding hydrogens is 344 g/mol. The molecule has 2 aromatic rings. The number of nitrogens with zero attached hydrogens (tertiary/aromatic N) is 2. The molecule has 2 N–H and O–H groups in total. The predicted molar refractivity (Wildman–Crippen MR) is 93.6 cm³/mol. The van der Waals surface area contributed by atoms with Gasteiger partial charge >= 0.3 is 0 Å². The number of thiazole rings is 1. The molecule has 2 rings (SSSR count). The van der Waals surface area contributed by atoms with Crippen LogP contribution in [0.3, 0.4) is 0 Å². The Balaban J connectivity index is 2.07. The van der Waals surface area contributed by atoms with E-state index in [0.717, 1.165) is 11.1 Å². The second-order valence-electron chi connectivity index (χ2n) is 6.40. The van der Waals surface area contributed by atoms with E-state index < -0.39 is 16.7 Å². The van der Waals surface area contributed by atoms with Crippen molar-refractivity contribution in [1.29, 1.82) is 0 Å². The molecule has 1 heterocycles. The first-order valence-corrected chi connectivity index (χ1v) is 8.24. The summed E-state index contributed by atoms with van der Waals surface area (Å²) in [6.45, 7) is 7.72. The topological polar surface area (TPSA) is 114 Å². The van der Waals surface area contributed by atoms with Crippen molar-refractivity contribution in [3.05, 3.63) is 55.5 Å². The number of rotatable bonds is 3. The van der Waals surface area contributed by atoms with Gasteiger partial charge in [0, 0.05) is 23.1 Å². The van der Waals surface area contributed by atoms with Crippen molar-refractivity contribution in [2.75, 3.05) is 0 Å². The van der Waals surface area contributed by atoms with Gasteiger partial charge in [-0.1, -0.05) is 26.8 Å². The molecule has 0 spiro atoms. The lowest BCUT2D eigenvalue weighted by molar-refractivity contribution is -0.384. The number of nitro benzene ring substituents is 1. The molecule has 9 heteroatoms. The summed E-state index contributed by atoms with van der Waals surface area (Å²) in [6.07, 6.45) is 0. The van der Waals surface area contributed by atoms with Crippen LogP contribution in [0.4, 0.5) is 5.69 Å². The molecule has 0 aliphatic heterocycles. The molecule has 25 heavy (non-hydrogen) atoms. The summed E-state index contributed by atoms with van der Waals surface area (Å²) < 4.78 is 0. The Morgan fingerprint density at radius 3 is 2.40 bits per heavy atom. The molecule has 0 aliphatic rings. The van der Waals surface area contributed by atoms with Crippen LogP contribution in [-0.2, 0) is 5.41 Å². The SMILES string of the molecule is Cc1nc(C(C)(C)C)sc1C(=O)NNC(=O)c1cccc([N+](=O)[O-])c1. The number of carbonyl (C=O) groups excluding carboxylic acids is 2. The first-order chi connectivity index (χ1) is 11.6. The Hall–Kier alpha value is -2.81. The minimum atomic E-state index is -0.643. The average Bonchev–Trinajstić information content (AvgIpc) is 2.94. The van der Waals surface area contributed by atoms with Crippen molar-refractivity contribution in [2.45, 2.75) is 33.1 Å². The minimum absolute atomic E-state index is 0.0749. The number of carbonyl (C=O) groups is 2. The molecule has 0 radical (unpaired) electrons. The Kier molecular flexibility index (Phi) is 5.17. The van der Waals surface area contributed by atoms with Gasteiger partial charge in [-0.05, 0) is 13.0 Å². The number of nitro groups is 1. The summed E-state index contributed by atoms with van der Waals surface area (Å²) >= 11 is 1.26. The molecule has 0 unspecified atom stereocenters. The van der Waals surface area contributed by atoms with Crippen LogP contribution in [0, 0.1) is 17.0 Å². The molecule has 132 valence electrons. The lowest BCUT2D eigenvalue weighted by atomic mass is 9.98. The number of amides is 2. The maximum atomic E-state index is 12.3. The zero-order valence-electron chi connectivity index (χ0n) is 14.2. The predicted octanol–water partition coefficient (Wildman–Crippen LogP) is 2.73. The molecule has 1 aromatic carbocycles. The van der Waals surface area contributed by atoms with Crippen LogP contribution in [0.5, 0.6) is 0 Å². The standard InChI is InChI=1S/C16H18N4O4S/c1-9-12(25-15(17-9)16(2,3)4)14(22)19-18-13(21)10-6-5-7-11(8-10)20(23)24/h5-8H,1-4H3,(H,18,21)(H,19,22). The van der Waals surface area contributed by atoms with E-state index in [1.807, 2.05) is 20.8 Å². The summed E-state index contributed by atoms with van der Waals surface area (Å²) in [5.41, 5.74) is 4.84. The highest BCUT2D eigenvalue weighted by Gasteiger charge is 2.23. The van der Waals surface area contributed by atoms with Crippen molar-refractivity contribution in [3.8, 4) is 0 Å². The van der Waals surface area contributed by atoms with Crippen molar-refractivity contribution in [2.24, 2.45) is 0 Å². The lowest BCUT2D eigenvalue weighted by Crippen LogP contribution is -2.41. The Labute approximate surface area is 148 Å². The molecule has 8 nitrogen and oxygen atoms in total. The van der Waals surface area contributed by atoms with Gasteiger partial charge in [0.15, 0.2) is 0 Å². The largest absolute Gasteiger partial charge is 0.281 e. The third kappa shape index (κ3) is 4.38. The van der Waals surface area contributed by atoms with E-state index in [9.17, 15) is 19.7 Å². The van der Waals surface area contributed by atoms with Crippen molar-refractivity contribution < 1.29 is 14.5 Å². The van der Waals surface area contributed by atoms with Crippen LogP contribution in [0.1, 0.15) is 51.5 Å². The number of hydrogen-bond acceptors (Lipinski definition) is 6. The van der Waals surface area contributed by atoms with E-state index in [1.54, 1.807) is 6.92 Å². The second kappa shape index (κ2) is 6.98. The summed E-state index contributed by atoms with van der Waals surface area (Å²) in [5, 5.41) is 11.6. The van der Waals surface area contributed by atoms with E-state index >= 15 is 0 Å². The molecule has 2 amide bonds. The first kappa shape index (κ1) is 18.5. The number of benzene rings is 1. The number of aromatic nitrogens is 1. The van der Waals surface area contributed by atoms with Gasteiger partial charge in [-0.15, -0.1) is 11.3 Å². The molecule has 0 bridgehead atoms. The number of non-ortho nitro benzene ring substituents is 1. The van der Waals surface area contributed by atoms with Crippen LogP contribution >= 0.6 is 11.3 Å². The monoisotopic (exact) mass is 362 g/mol. The Morgan fingerprint density at radius 2 is 1.84 bits per heavy atom. The highest BCUT2D eigenvalue weighted by atomic mass is 32.1. The van der Waals surface area contributed by atoms with Gasteiger partial charge < -0.3 is 0 Å². The van der Waals surface area contributed by atoms with E-state index in [4.69, 9.17) is 0 Å². The summed E-state index contributed by atoms with van der Waals surface area (Å²) in [4.78, 5) is 39.2. The average molecular weight is 362 g/mol. The van der Waals surface area contributed by atoms with Gasteiger partial charge in [0.05, 0.1) is 15.6 Å². The van der Waals surface area contributed by atoms with Crippen LogP contribution < -0.4 is 10.9 Å². The van der Waals surface area contributed by atoms with Gasteiger partial charge in [0.25, 0.3) is 17.5 Å². The molecular formula is C16H18N4O4S. The van der Waals surface area contributed by atoms with E-state index in [0.29, 0.717) is 10.6 Å². The fourth-order valence-corrected chi connectivity index (χ4v) is 2.95. The lowest BCUT2D eigenvalue weighted by Gasteiger charge is -2.13. The zero-order chi connectivity index (χ0) is 18.8. The zero-order valence-corrected chi connectivity index (χ0v) is 15.1. The van der Waals surface area contributed by atoms with Gasteiger partial charge in [0.2, 0.25) is 0 Å². The molecule has 0 saturated carbocycles. The molecule has 0 saturated heterocycles. The van der Waals surface area contributed by atoms with E-state index in [2.05, 4.69) is 15.8 Å². The summed E-state index contributed by atoms with van der Waals surface area (Å²) in [7, 11) is 0. The van der Waals surface area contributed by atoms with E-state index in [-0.39, 0.29) is 16.7 Å². The maximum Gasteiger partial charge on any atom is 0.281 e. The Bertz CT molecular complexity index is 839. The molecule has 0 fully saturated rings. The molecule has 1 aromatic heterocycles. The van der Waals surface area contributed by atoms with Crippen LogP contribution in [-0.4, -0.2) is 21.7 Å². The van der Waals surface area contributed by atoms with E-state index in [1.165, 1.54) is 29.5 Å². The molecule has 0 atom stereocenters. The summed E-state index contributed by atoms with van der Waals surface area (Å²) in [5.74, 6) is -1.13. The number of nitrogens with one attached hydrogen (secondary N) is 2. The third-order valence-electron chi connectivity index (χ3n) is 3.25. The van der Waals surface area contributed by atoms with Crippen molar-refractivity contribution in [3.63, 3.8) is 0 Å². The van der Waals surface area contributed by atoms with Crippen LogP contribution in [0.15, 0.2) is 24.3 Å². The molecule has 0 aliphatic carbocycles. The summed E-state index contributed by atoms with van der Waals surface area (Å²) in [6, 6.07) is 5.24. The smallest absolute Gasteiger partial charge is 0.267 e. The van der Waals surface area contributed by atoms with Gasteiger partial charge in [0.1, 0.15) is 4.88 Å². The quantitative estimate of drug-likeness (QED) is 0.643. The number of aryl methyl sites for hydroxylation is 1. The minimum Gasteiger partial charge on any atom is -0.267 e. The fourth-order valence-electron chi connectivity index (χ4n) is 1.93. The number of hydrazine groups is 1. The van der Waals surface area contributed by atoms with Gasteiger partial charge in [-0.25, -0.2) is 4.98 Å². The van der Waals surface area contributed by atoms with Crippen molar-refractivity contribution in [1.82, 2.24) is 15.8 Å². The maximum absolute atomic E-state index is 12.3. The highest BCUT2D eigenvalue weighted by Crippen LogP contribution is 2.29. The fraction of sp³-hybridized carbons (Fsp3) is 0.312. The first-order valence-electron chi connectivity index (χ1n) is 7.42. The van der Waals surface area contributed by atoms with Crippen LogP contribution in [0.2, 0.25) is 0 Å². The Morgan fingerprint density at radius 1 is 1.20 bits per heavy atom. The third-order valence-corrected chi connectivity index (χ3v) is 4.84. The normalized spacial score (nSPS) is 11.0. The highest BCUT2D eigenvalue weighted by molar-refractivity contribution is 7.14. The van der Waals surface area contributed by atoms with Crippen molar-refractivity contribution >= 4 is 28.8 Å². The number of hydrogen-bond donors (Lipinski definition) is 2. The van der Waals surface area contributed by atoms with Gasteiger partial charge in [-0.3, -0.25) is 30.6 Å².